The minimum Gasteiger partial charge on any atom is -0.464 e. The summed E-state index contributed by atoms with van der Waals surface area (Å²) in [5, 5.41) is 0. The van der Waals surface area contributed by atoms with Gasteiger partial charge in [-0.1, -0.05) is 0 Å². The van der Waals surface area contributed by atoms with Crippen molar-refractivity contribution in [3.8, 4) is 0 Å². The van der Waals surface area contributed by atoms with E-state index in [1.165, 1.54) is 0 Å². The summed E-state index contributed by atoms with van der Waals surface area (Å²) in [6.07, 6.45) is -1.90. The molecule has 0 saturated heterocycles. The number of furan rings is 1. The molecule has 1 heterocycles. The van der Waals surface area contributed by atoms with Crippen molar-refractivity contribution in [3.05, 3.63) is 23.2 Å². The Balaban J connectivity index is 2.77. The van der Waals surface area contributed by atoms with E-state index in [2.05, 4.69) is 4.74 Å². The summed E-state index contributed by atoms with van der Waals surface area (Å²) >= 11 is 0. The molecule has 2 N–H and O–H groups in total. The Morgan fingerprint density at radius 3 is 2.69 bits per heavy atom. The molecule has 0 aliphatic heterocycles. The van der Waals surface area contributed by atoms with Crippen LogP contribution in [0.15, 0.2) is 10.5 Å². The molecule has 5 heteroatoms. The van der Waals surface area contributed by atoms with Crippen LogP contribution in [-0.4, -0.2) is 18.7 Å². The van der Waals surface area contributed by atoms with E-state index < -0.39 is 18.2 Å². The van der Waals surface area contributed by atoms with Crippen molar-refractivity contribution in [1.82, 2.24) is 0 Å². The molecule has 1 rings (SSSR count). The van der Waals surface area contributed by atoms with E-state index >= 15 is 0 Å². The van der Waals surface area contributed by atoms with Crippen LogP contribution in [0.25, 0.3) is 0 Å². The van der Waals surface area contributed by atoms with E-state index in [9.17, 15) is 9.18 Å². The minimum atomic E-state index is -1.90. The van der Waals surface area contributed by atoms with Gasteiger partial charge in [-0.05, 0) is 32.4 Å². The number of hydrogen-bond donors (Lipinski definition) is 1. The number of carbonyl (C=O) groups excluding carboxylic acids is 1. The summed E-state index contributed by atoms with van der Waals surface area (Å²) in [7, 11) is 0. The second kappa shape index (κ2) is 5.12. The SMILES string of the molecule is CCOC(=O)C(F)[C@H](N)c1cc(C)c(C)o1. The van der Waals surface area contributed by atoms with E-state index in [4.69, 9.17) is 10.2 Å². The lowest BCUT2D eigenvalue weighted by atomic mass is 10.1. The molecule has 1 unspecified atom stereocenters. The van der Waals surface area contributed by atoms with Crippen LogP contribution in [0.2, 0.25) is 0 Å². The summed E-state index contributed by atoms with van der Waals surface area (Å²) < 4.78 is 23.3. The fourth-order valence-electron chi connectivity index (χ4n) is 1.28. The number of esters is 1. The highest BCUT2D eigenvalue weighted by atomic mass is 19.1. The molecule has 0 spiro atoms. The zero-order valence-corrected chi connectivity index (χ0v) is 9.62. The van der Waals surface area contributed by atoms with Crippen molar-refractivity contribution in [1.29, 1.82) is 0 Å². The molecule has 1 aromatic heterocycles. The lowest BCUT2D eigenvalue weighted by Gasteiger charge is -2.12. The van der Waals surface area contributed by atoms with E-state index in [0.29, 0.717) is 5.76 Å². The number of ether oxygens (including phenoxy) is 1. The fraction of sp³-hybridized carbons (Fsp3) is 0.545. The molecule has 0 aromatic carbocycles. The van der Waals surface area contributed by atoms with Crippen molar-refractivity contribution in [2.75, 3.05) is 6.61 Å². The smallest absolute Gasteiger partial charge is 0.342 e. The summed E-state index contributed by atoms with van der Waals surface area (Å²) in [6, 6.07) is 0.512. The predicted octanol–water partition coefficient (Wildman–Crippen LogP) is 1.80. The van der Waals surface area contributed by atoms with Crippen LogP contribution < -0.4 is 5.73 Å². The third-order valence-corrected chi connectivity index (χ3v) is 2.34. The third kappa shape index (κ3) is 2.61. The average molecular weight is 229 g/mol. The Bertz CT molecular complexity index is 356. The van der Waals surface area contributed by atoms with Crippen LogP contribution in [0.1, 0.15) is 30.0 Å². The highest BCUT2D eigenvalue weighted by molar-refractivity contribution is 5.75. The van der Waals surface area contributed by atoms with Gasteiger partial charge in [0.25, 0.3) is 0 Å². The summed E-state index contributed by atoms with van der Waals surface area (Å²) in [6.45, 7) is 5.31. The third-order valence-electron chi connectivity index (χ3n) is 2.34. The Hall–Kier alpha value is -1.36. The molecule has 0 aliphatic carbocycles. The molecule has 0 bridgehead atoms. The van der Waals surface area contributed by atoms with Crippen LogP contribution in [0, 0.1) is 13.8 Å². The largest absolute Gasteiger partial charge is 0.464 e. The predicted molar refractivity (Wildman–Crippen MR) is 56.6 cm³/mol. The first kappa shape index (κ1) is 12.7. The standard InChI is InChI=1S/C11H16FNO3/c1-4-15-11(14)9(12)10(13)8-5-6(2)7(3)16-8/h5,9-10H,4,13H2,1-3H3/t9?,10-/m1/s1. The second-order valence-electron chi connectivity index (χ2n) is 3.57. The van der Waals surface area contributed by atoms with Gasteiger partial charge in [0.15, 0.2) is 0 Å². The van der Waals surface area contributed by atoms with Gasteiger partial charge in [-0.3, -0.25) is 0 Å². The number of halogens is 1. The second-order valence-corrected chi connectivity index (χ2v) is 3.57. The van der Waals surface area contributed by atoms with E-state index in [1.54, 1.807) is 19.9 Å². The van der Waals surface area contributed by atoms with Gasteiger partial charge in [-0.25, -0.2) is 9.18 Å². The quantitative estimate of drug-likeness (QED) is 0.799. The van der Waals surface area contributed by atoms with Gasteiger partial charge in [-0.2, -0.15) is 0 Å². The molecular formula is C11H16FNO3. The first-order valence-electron chi connectivity index (χ1n) is 5.10. The number of aryl methyl sites for hydroxylation is 2. The zero-order valence-electron chi connectivity index (χ0n) is 9.62. The van der Waals surface area contributed by atoms with Crippen LogP contribution in [0.3, 0.4) is 0 Å². The lowest BCUT2D eigenvalue weighted by Crippen LogP contribution is -2.31. The maximum atomic E-state index is 13.5. The summed E-state index contributed by atoms with van der Waals surface area (Å²) in [4.78, 5) is 11.1. The fourth-order valence-corrected chi connectivity index (χ4v) is 1.28. The van der Waals surface area contributed by atoms with Crippen molar-refractivity contribution in [2.45, 2.75) is 33.0 Å². The average Bonchev–Trinajstić information content (AvgIpc) is 2.57. The number of carbonyl (C=O) groups is 1. The highest BCUT2D eigenvalue weighted by Gasteiger charge is 2.30. The van der Waals surface area contributed by atoms with Crippen LogP contribution >= 0.6 is 0 Å². The molecule has 90 valence electrons. The topological polar surface area (TPSA) is 65.5 Å². The maximum absolute atomic E-state index is 13.5. The highest BCUT2D eigenvalue weighted by Crippen LogP contribution is 2.23. The molecule has 0 saturated carbocycles. The van der Waals surface area contributed by atoms with Crippen molar-refractivity contribution in [2.24, 2.45) is 5.73 Å². The van der Waals surface area contributed by atoms with Crippen LogP contribution in [-0.2, 0) is 9.53 Å². The normalized spacial score (nSPS) is 14.6. The van der Waals surface area contributed by atoms with E-state index in [-0.39, 0.29) is 12.4 Å². The van der Waals surface area contributed by atoms with Crippen molar-refractivity contribution >= 4 is 5.97 Å². The molecule has 0 aliphatic rings. The Kier molecular flexibility index (Phi) is 4.06. The number of hydrogen-bond acceptors (Lipinski definition) is 4. The monoisotopic (exact) mass is 229 g/mol. The zero-order chi connectivity index (χ0) is 12.3. The molecule has 0 fully saturated rings. The van der Waals surface area contributed by atoms with Crippen LogP contribution in [0.4, 0.5) is 4.39 Å². The minimum absolute atomic E-state index is 0.127. The van der Waals surface area contributed by atoms with Gasteiger partial charge in [0, 0.05) is 0 Å². The molecule has 1 aromatic rings. The van der Waals surface area contributed by atoms with Gasteiger partial charge in [0.1, 0.15) is 17.6 Å². The molecule has 2 atom stereocenters. The van der Waals surface area contributed by atoms with Crippen LogP contribution in [0.5, 0.6) is 0 Å². The van der Waals surface area contributed by atoms with Gasteiger partial charge in [0.2, 0.25) is 6.17 Å². The molecule has 16 heavy (non-hydrogen) atoms. The molecule has 0 radical (unpaired) electrons. The van der Waals surface area contributed by atoms with Crippen molar-refractivity contribution < 1.29 is 18.3 Å². The van der Waals surface area contributed by atoms with Gasteiger partial charge >= 0.3 is 5.97 Å². The van der Waals surface area contributed by atoms with E-state index in [0.717, 1.165) is 5.56 Å². The van der Waals surface area contributed by atoms with Crippen molar-refractivity contribution in [3.63, 3.8) is 0 Å². The first-order chi connectivity index (χ1) is 7.47. The maximum Gasteiger partial charge on any atom is 0.342 e. The van der Waals surface area contributed by atoms with Gasteiger partial charge in [-0.15, -0.1) is 0 Å². The lowest BCUT2D eigenvalue weighted by molar-refractivity contribution is -0.150. The Labute approximate surface area is 93.6 Å². The Morgan fingerprint density at radius 2 is 2.25 bits per heavy atom. The summed E-state index contributed by atoms with van der Waals surface area (Å²) in [5.74, 6) is -0.0289. The first-order valence-corrected chi connectivity index (χ1v) is 5.10. The van der Waals surface area contributed by atoms with E-state index in [1.807, 2.05) is 6.92 Å². The number of rotatable bonds is 4. The molecule has 0 amide bonds. The number of alkyl halides is 1. The Morgan fingerprint density at radius 1 is 1.62 bits per heavy atom. The van der Waals surface area contributed by atoms with Gasteiger partial charge in [0.05, 0.1) is 6.61 Å². The van der Waals surface area contributed by atoms with Gasteiger partial charge < -0.3 is 14.9 Å². The molecule has 4 nitrogen and oxygen atoms in total. The molecular weight excluding hydrogens is 213 g/mol. The number of nitrogens with two attached hydrogens (primary N) is 1. The summed E-state index contributed by atoms with van der Waals surface area (Å²) in [5.41, 5.74) is 6.46.